The molecule has 2 amide bonds. The first-order valence-electron chi connectivity index (χ1n) is 10.6. The van der Waals surface area contributed by atoms with E-state index in [-0.39, 0.29) is 17.4 Å². The van der Waals surface area contributed by atoms with Crippen LogP contribution < -0.4 is 4.90 Å². The van der Waals surface area contributed by atoms with Gasteiger partial charge in [0.25, 0.3) is 0 Å². The number of nitrogens with zero attached hydrogens (tertiary/aromatic N) is 3. The van der Waals surface area contributed by atoms with E-state index in [1.807, 2.05) is 22.8 Å². The number of para-hydroxylation sites is 1. The van der Waals surface area contributed by atoms with Crippen LogP contribution in [0.15, 0.2) is 24.3 Å². The lowest BCUT2D eigenvalue weighted by atomic mass is 9.74. The van der Waals surface area contributed by atoms with Crippen LogP contribution in [-0.2, 0) is 14.9 Å². The van der Waals surface area contributed by atoms with Gasteiger partial charge in [0, 0.05) is 43.7 Å². The largest absolute Gasteiger partial charge is 0.450 e. The smallest absolute Gasteiger partial charge is 0.409 e. The van der Waals surface area contributed by atoms with E-state index < -0.39 is 0 Å². The summed E-state index contributed by atoms with van der Waals surface area (Å²) in [6.45, 7) is 8.46. The van der Waals surface area contributed by atoms with Crippen molar-refractivity contribution in [1.29, 1.82) is 0 Å². The zero-order chi connectivity index (χ0) is 19.7. The number of anilines is 1. The summed E-state index contributed by atoms with van der Waals surface area (Å²) in [5, 5.41) is 0. The van der Waals surface area contributed by atoms with Crippen molar-refractivity contribution in [2.45, 2.75) is 51.0 Å². The Morgan fingerprint density at radius 1 is 1.11 bits per heavy atom. The van der Waals surface area contributed by atoms with Gasteiger partial charge in [-0.2, -0.15) is 0 Å². The predicted octanol–water partition coefficient (Wildman–Crippen LogP) is 3.01. The number of ether oxygens (including phenoxy) is 1. The monoisotopic (exact) mass is 385 g/mol. The molecule has 1 spiro atoms. The van der Waals surface area contributed by atoms with Crippen LogP contribution >= 0.6 is 0 Å². The molecule has 0 bridgehead atoms. The summed E-state index contributed by atoms with van der Waals surface area (Å²) in [7, 11) is 0. The van der Waals surface area contributed by atoms with Crippen molar-refractivity contribution in [1.82, 2.24) is 9.80 Å². The van der Waals surface area contributed by atoms with Gasteiger partial charge in [-0.3, -0.25) is 4.79 Å². The Morgan fingerprint density at radius 2 is 1.79 bits per heavy atom. The Kier molecular flexibility index (Phi) is 5.32. The normalized spacial score (nSPS) is 22.4. The van der Waals surface area contributed by atoms with Crippen LogP contribution in [0.3, 0.4) is 0 Å². The zero-order valence-corrected chi connectivity index (χ0v) is 17.0. The molecule has 2 saturated heterocycles. The van der Waals surface area contributed by atoms with Crippen LogP contribution in [0.4, 0.5) is 10.5 Å². The maximum absolute atomic E-state index is 12.2. The van der Waals surface area contributed by atoms with Crippen molar-refractivity contribution in [2.24, 2.45) is 0 Å². The molecule has 3 heterocycles. The lowest BCUT2D eigenvalue weighted by Crippen LogP contribution is -2.52. The van der Waals surface area contributed by atoms with E-state index in [1.54, 1.807) is 6.92 Å². The van der Waals surface area contributed by atoms with E-state index in [1.165, 1.54) is 5.56 Å². The standard InChI is InChI=1S/C22H31N3O3/c1-3-28-21(27)24-12-8-18(9-13-24)23-14-10-22(11-15-23)16-25(17(2)26)20-7-5-4-6-19(20)22/h4-7,18H,3,8-16H2,1-2H3. The Labute approximate surface area is 167 Å². The molecule has 1 aromatic rings. The van der Waals surface area contributed by atoms with E-state index in [0.29, 0.717) is 12.6 Å². The molecular formula is C22H31N3O3. The Bertz CT molecular complexity index is 734. The topological polar surface area (TPSA) is 53.1 Å². The third kappa shape index (κ3) is 3.39. The van der Waals surface area contributed by atoms with Crippen molar-refractivity contribution >= 4 is 17.7 Å². The second-order valence-corrected chi connectivity index (χ2v) is 8.36. The maximum atomic E-state index is 12.2. The fraction of sp³-hybridized carbons (Fsp3) is 0.636. The molecule has 0 aliphatic carbocycles. The molecule has 3 aliphatic rings. The molecule has 4 rings (SSSR count). The van der Waals surface area contributed by atoms with Crippen molar-refractivity contribution in [3.05, 3.63) is 29.8 Å². The van der Waals surface area contributed by atoms with E-state index in [4.69, 9.17) is 4.74 Å². The van der Waals surface area contributed by atoms with Crippen LogP contribution in [0.25, 0.3) is 0 Å². The highest BCUT2D eigenvalue weighted by Crippen LogP contribution is 2.47. The summed E-state index contributed by atoms with van der Waals surface area (Å²) in [5.41, 5.74) is 2.55. The Hall–Kier alpha value is -2.08. The zero-order valence-electron chi connectivity index (χ0n) is 17.0. The van der Waals surface area contributed by atoms with Crippen molar-refractivity contribution in [2.75, 3.05) is 44.2 Å². The molecule has 0 N–H and O–H groups in total. The highest BCUT2D eigenvalue weighted by atomic mass is 16.6. The molecular weight excluding hydrogens is 354 g/mol. The first kappa shape index (κ1) is 19.2. The second-order valence-electron chi connectivity index (χ2n) is 8.36. The number of likely N-dealkylation sites (tertiary alicyclic amines) is 2. The van der Waals surface area contributed by atoms with Gasteiger partial charge in [-0.15, -0.1) is 0 Å². The van der Waals surface area contributed by atoms with Gasteiger partial charge < -0.3 is 19.4 Å². The number of carbonyl (C=O) groups excluding carboxylic acids is 2. The van der Waals surface area contributed by atoms with Gasteiger partial charge in [-0.1, -0.05) is 18.2 Å². The summed E-state index contributed by atoms with van der Waals surface area (Å²) < 4.78 is 5.13. The fourth-order valence-corrected chi connectivity index (χ4v) is 5.28. The molecule has 0 aromatic heterocycles. The van der Waals surface area contributed by atoms with Crippen LogP contribution in [0.2, 0.25) is 0 Å². The summed E-state index contributed by atoms with van der Waals surface area (Å²) in [4.78, 5) is 30.5. The molecule has 3 aliphatic heterocycles. The number of hydrogen-bond donors (Lipinski definition) is 0. The molecule has 6 nitrogen and oxygen atoms in total. The van der Waals surface area contributed by atoms with Gasteiger partial charge in [-0.25, -0.2) is 4.79 Å². The van der Waals surface area contributed by atoms with Gasteiger partial charge in [0.15, 0.2) is 0 Å². The predicted molar refractivity (Wildman–Crippen MR) is 109 cm³/mol. The number of amides is 2. The molecule has 6 heteroatoms. The molecule has 0 atom stereocenters. The van der Waals surface area contributed by atoms with Crippen molar-refractivity contribution in [3.8, 4) is 0 Å². The van der Waals surface area contributed by atoms with Crippen LogP contribution in [0.5, 0.6) is 0 Å². The van der Waals surface area contributed by atoms with Gasteiger partial charge in [0.05, 0.1) is 6.61 Å². The van der Waals surface area contributed by atoms with Crippen LogP contribution in [-0.4, -0.2) is 67.2 Å². The van der Waals surface area contributed by atoms with E-state index in [2.05, 4.69) is 23.1 Å². The van der Waals surface area contributed by atoms with E-state index in [0.717, 1.165) is 64.1 Å². The SMILES string of the molecule is CCOC(=O)N1CCC(N2CCC3(CC2)CN(C(C)=O)c2ccccc23)CC1. The number of fused-ring (bicyclic) bond motifs is 2. The summed E-state index contributed by atoms with van der Waals surface area (Å²) in [6.07, 6.45) is 4.03. The van der Waals surface area contributed by atoms with Crippen molar-refractivity contribution in [3.63, 3.8) is 0 Å². The molecule has 152 valence electrons. The van der Waals surface area contributed by atoms with Crippen LogP contribution in [0.1, 0.15) is 45.1 Å². The first-order chi connectivity index (χ1) is 13.5. The minimum absolute atomic E-state index is 0.102. The van der Waals surface area contributed by atoms with Crippen LogP contribution in [0, 0.1) is 0 Å². The van der Waals surface area contributed by atoms with Gasteiger partial charge in [0.2, 0.25) is 5.91 Å². The van der Waals surface area contributed by atoms with E-state index >= 15 is 0 Å². The van der Waals surface area contributed by atoms with E-state index in [9.17, 15) is 9.59 Å². The Balaban J connectivity index is 1.38. The minimum atomic E-state index is -0.176. The lowest BCUT2D eigenvalue weighted by molar-refractivity contribution is -0.116. The minimum Gasteiger partial charge on any atom is -0.450 e. The highest BCUT2D eigenvalue weighted by Gasteiger charge is 2.46. The third-order valence-corrected chi connectivity index (χ3v) is 6.87. The molecule has 0 radical (unpaired) electrons. The molecule has 2 fully saturated rings. The number of hydrogen-bond acceptors (Lipinski definition) is 4. The molecule has 0 saturated carbocycles. The Morgan fingerprint density at radius 3 is 2.43 bits per heavy atom. The average Bonchev–Trinajstić information content (AvgIpc) is 3.04. The molecule has 1 aromatic carbocycles. The first-order valence-corrected chi connectivity index (χ1v) is 10.6. The molecule has 28 heavy (non-hydrogen) atoms. The van der Waals surface area contributed by atoms with Gasteiger partial charge >= 0.3 is 6.09 Å². The number of rotatable bonds is 2. The van der Waals surface area contributed by atoms with Crippen molar-refractivity contribution < 1.29 is 14.3 Å². The summed E-state index contributed by atoms with van der Waals surface area (Å²) >= 11 is 0. The number of piperidine rings is 2. The highest BCUT2D eigenvalue weighted by molar-refractivity contribution is 5.94. The third-order valence-electron chi connectivity index (χ3n) is 6.87. The fourth-order valence-electron chi connectivity index (χ4n) is 5.28. The second kappa shape index (κ2) is 7.74. The van der Waals surface area contributed by atoms with Gasteiger partial charge in [-0.05, 0) is 57.3 Å². The van der Waals surface area contributed by atoms with Gasteiger partial charge in [0.1, 0.15) is 0 Å². The summed E-state index contributed by atoms with van der Waals surface area (Å²) in [6, 6.07) is 8.97. The maximum Gasteiger partial charge on any atom is 0.409 e. The number of carbonyl (C=O) groups is 2. The molecule has 0 unspecified atom stereocenters. The average molecular weight is 386 g/mol. The lowest BCUT2D eigenvalue weighted by Gasteiger charge is -2.45. The number of benzene rings is 1. The summed E-state index contributed by atoms with van der Waals surface area (Å²) in [5.74, 6) is 0.137. The quantitative estimate of drug-likeness (QED) is 0.785.